The van der Waals surface area contributed by atoms with E-state index in [1.54, 1.807) is 6.92 Å². The lowest BCUT2D eigenvalue weighted by molar-refractivity contribution is -0.146. The van der Waals surface area contributed by atoms with Gasteiger partial charge in [0.1, 0.15) is 0 Å². The standard InChI is InChI=1S/C13H17ClO3/c1-2-16-13(15)8-12(9-14)17-10-11-6-4-3-5-7-11/h3-7,12H,2,8-10H2,1H3. The summed E-state index contributed by atoms with van der Waals surface area (Å²) in [6.45, 7) is 2.61. The Balaban J connectivity index is 2.34. The summed E-state index contributed by atoms with van der Waals surface area (Å²) < 4.78 is 10.4. The average molecular weight is 257 g/mol. The Kier molecular flexibility index (Phi) is 6.67. The van der Waals surface area contributed by atoms with Crippen LogP contribution in [0.5, 0.6) is 0 Å². The highest BCUT2D eigenvalue weighted by molar-refractivity contribution is 6.18. The highest BCUT2D eigenvalue weighted by atomic mass is 35.5. The maximum absolute atomic E-state index is 11.3. The first-order chi connectivity index (χ1) is 8.26. The zero-order valence-electron chi connectivity index (χ0n) is 9.90. The molecule has 0 fully saturated rings. The first-order valence-electron chi connectivity index (χ1n) is 5.63. The lowest BCUT2D eigenvalue weighted by Gasteiger charge is -2.14. The molecule has 0 saturated carbocycles. The highest BCUT2D eigenvalue weighted by Gasteiger charge is 2.14. The summed E-state index contributed by atoms with van der Waals surface area (Å²) in [4.78, 5) is 11.3. The third kappa shape index (κ3) is 5.71. The molecule has 1 aromatic rings. The fourth-order valence-corrected chi connectivity index (χ4v) is 1.55. The van der Waals surface area contributed by atoms with Crippen LogP contribution in [-0.4, -0.2) is 24.6 Å². The second-order valence-corrected chi connectivity index (χ2v) is 3.89. The zero-order valence-corrected chi connectivity index (χ0v) is 10.7. The van der Waals surface area contributed by atoms with E-state index in [1.807, 2.05) is 30.3 Å². The van der Waals surface area contributed by atoms with E-state index < -0.39 is 0 Å². The molecule has 0 saturated heterocycles. The SMILES string of the molecule is CCOC(=O)CC(CCl)OCc1ccccc1. The van der Waals surface area contributed by atoms with Crippen molar-refractivity contribution >= 4 is 17.6 Å². The lowest BCUT2D eigenvalue weighted by atomic mass is 10.2. The Bertz CT molecular complexity index is 327. The molecule has 1 aromatic carbocycles. The molecular formula is C13H17ClO3. The van der Waals surface area contributed by atoms with Crippen molar-refractivity contribution in [2.75, 3.05) is 12.5 Å². The number of alkyl halides is 1. The summed E-state index contributed by atoms with van der Waals surface area (Å²) in [6.07, 6.45) is -0.0969. The fourth-order valence-electron chi connectivity index (χ4n) is 1.35. The molecule has 0 aliphatic heterocycles. The Labute approximate surface area is 107 Å². The Morgan fingerprint density at radius 3 is 2.65 bits per heavy atom. The van der Waals surface area contributed by atoms with E-state index >= 15 is 0 Å². The van der Waals surface area contributed by atoms with Crippen molar-refractivity contribution in [2.24, 2.45) is 0 Å². The topological polar surface area (TPSA) is 35.5 Å². The molecule has 0 bridgehead atoms. The molecule has 0 amide bonds. The van der Waals surface area contributed by atoms with E-state index in [-0.39, 0.29) is 24.4 Å². The molecule has 0 radical (unpaired) electrons. The number of hydrogen-bond donors (Lipinski definition) is 0. The number of esters is 1. The van der Waals surface area contributed by atoms with E-state index in [1.165, 1.54) is 0 Å². The van der Waals surface area contributed by atoms with Gasteiger partial charge in [0, 0.05) is 5.88 Å². The lowest BCUT2D eigenvalue weighted by Crippen LogP contribution is -2.21. The first kappa shape index (κ1) is 14.0. The highest BCUT2D eigenvalue weighted by Crippen LogP contribution is 2.08. The molecule has 1 atom stereocenters. The summed E-state index contributed by atoms with van der Waals surface area (Å²) >= 11 is 5.75. The van der Waals surface area contributed by atoms with Crippen LogP contribution in [0.2, 0.25) is 0 Å². The Morgan fingerprint density at radius 2 is 2.06 bits per heavy atom. The summed E-state index contributed by atoms with van der Waals surface area (Å²) in [6, 6.07) is 9.77. The summed E-state index contributed by atoms with van der Waals surface area (Å²) in [5.41, 5.74) is 1.06. The third-order valence-corrected chi connectivity index (χ3v) is 2.54. The van der Waals surface area contributed by atoms with Gasteiger partial charge in [0.15, 0.2) is 0 Å². The molecule has 0 aliphatic rings. The minimum Gasteiger partial charge on any atom is -0.466 e. The molecular weight excluding hydrogens is 240 g/mol. The predicted octanol–water partition coefficient (Wildman–Crippen LogP) is 2.76. The molecule has 3 nitrogen and oxygen atoms in total. The number of halogens is 1. The van der Waals surface area contributed by atoms with E-state index in [2.05, 4.69) is 0 Å². The van der Waals surface area contributed by atoms with Crippen molar-refractivity contribution < 1.29 is 14.3 Å². The fraction of sp³-hybridized carbons (Fsp3) is 0.462. The van der Waals surface area contributed by atoms with Crippen LogP contribution in [0.1, 0.15) is 18.9 Å². The quantitative estimate of drug-likeness (QED) is 0.556. The van der Waals surface area contributed by atoms with Crippen molar-refractivity contribution in [2.45, 2.75) is 26.1 Å². The van der Waals surface area contributed by atoms with Crippen LogP contribution in [0, 0.1) is 0 Å². The number of carbonyl (C=O) groups is 1. The zero-order chi connectivity index (χ0) is 12.5. The van der Waals surface area contributed by atoms with Crippen molar-refractivity contribution in [1.82, 2.24) is 0 Å². The van der Waals surface area contributed by atoms with Gasteiger partial charge in [0.05, 0.1) is 25.7 Å². The van der Waals surface area contributed by atoms with Crippen LogP contribution in [0.25, 0.3) is 0 Å². The number of ether oxygens (including phenoxy) is 2. The van der Waals surface area contributed by atoms with Crippen LogP contribution in [0.15, 0.2) is 30.3 Å². The number of carbonyl (C=O) groups excluding carboxylic acids is 1. The first-order valence-corrected chi connectivity index (χ1v) is 6.16. The van der Waals surface area contributed by atoms with Gasteiger partial charge < -0.3 is 9.47 Å². The molecule has 1 unspecified atom stereocenters. The van der Waals surface area contributed by atoms with Crippen LogP contribution >= 0.6 is 11.6 Å². The Hall–Kier alpha value is -1.06. The van der Waals surface area contributed by atoms with Gasteiger partial charge in [-0.05, 0) is 12.5 Å². The number of hydrogen-bond acceptors (Lipinski definition) is 3. The van der Waals surface area contributed by atoms with Gasteiger partial charge in [-0.2, -0.15) is 0 Å². The van der Waals surface area contributed by atoms with Crippen molar-refractivity contribution in [1.29, 1.82) is 0 Å². The maximum atomic E-state index is 11.3. The van der Waals surface area contributed by atoms with Crippen LogP contribution in [0.4, 0.5) is 0 Å². The van der Waals surface area contributed by atoms with Crippen molar-refractivity contribution in [3.05, 3.63) is 35.9 Å². The van der Waals surface area contributed by atoms with E-state index in [4.69, 9.17) is 21.1 Å². The van der Waals surface area contributed by atoms with Crippen molar-refractivity contribution in [3.63, 3.8) is 0 Å². The molecule has 0 aromatic heterocycles. The molecule has 1 rings (SSSR count). The van der Waals surface area contributed by atoms with Gasteiger partial charge >= 0.3 is 5.97 Å². The molecule has 94 valence electrons. The monoisotopic (exact) mass is 256 g/mol. The minimum absolute atomic E-state index is 0.199. The summed E-state index contributed by atoms with van der Waals surface area (Å²) in [7, 11) is 0. The maximum Gasteiger partial charge on any atom is 0.308 e. The smallest absolute Gasteiger partial charge is 0.308 e. The molecule has 0 spiro atoms. The second kappa shape index (κ2) is 8.09. The number of benzene rings is 1. The van der Waals surface area contributed by atoms with Gasteiger partial charge in [-0.3, -0.25) is 4.79 Å². The predicted molar refractivity (Wildman–Crippen MR) is 67.0 cm³/mol. The van der Waals surface area contributed by atoms with Gasteiger partial charge in [0.25, 0.3) is 0 Å². The van der Waals surface area contributed by atoms with Gasteiger partial charge in [-0.1, -0.05) is 30.3 Å². The van der Waals surface area contributed by atoms with Crippen LogP contribution < -0.4 is 0 Å². The molecule has 0 heterocycles. The summed E-state index contributed by atoms with van der Waals surface area (Å²) in [5, 5.41) is 0. The van der Waals surface area contributed by atoms with E-state index in [0.29, 0.717) is 13.2 Å². The molecule has 0 N–H and O–H groups in total. The molecule has 17 heavy (non-hydrogen) atoms. The van der Waals surface area contributed by atoms with Crippen LogP contribution in [-0.2, 0) is 20.9 Å². The van der Waals surface area contributed by atoms with E-state index in [0.717, 1.165) is 5.56 Å². The normalized spacial score (nSPS) is 12.1. The number of rotatable bonds is 7. The third-order valence-electron chi connectivity index (χ3n) is 2.20. The van der Waals surface area contributed by atoms with Crippen LogP contribution in [0.3, 0.4) is 0 Å². The van der Waals surface area contributed by atoms with Gasteiger partial charge in [-0.15, -0.1) is 11.6 Å². The Morgan fingerprint density at radius 1 is 1.35 bits per heavy atom. The largest absolute Gasteiger partial charge is 0.466 e. The average Bonchev–Trinajstić information content (AvgIpc) is 2.36. The van der Waals surface area contributed by atoms with E-state index in [9.17, 15) is 4.79 Å². The van der Waals surface area contributed by atoms with Crippen molar-refractivity contribution in [3.8, 4) is 0 Å². The summed E-state index contributed by atoms with van der Waals surface area (Å²) in [5.74, 6) is 0.0114. The minimum atomic E-state index is -0.295. The molecule has 4 heteroatoms. The van der Waals surface area contributed by atoms with Gasteiger partial charge in [0.2, 0.25) is 0 Å². The second-order valence-electron chi connectivity index (χ2n) is 3.58. The molecule has 0 aliphatic carbocycles. The van der Waals surface area contributed by atoms with Gasteiger partial charge in [-0.25, -0.2) is 0 Å².